The van der Waals surface area contributed by atoms with Crippen LogP contribution in [0, 0.1) is 0 Å². The zero-order valence-electron chi connectivity index (χ0n) is 55.3. The molecule has 0 aliphatic rings. The Morgan fingerprint density at radius 3 is 1.13 bits per heavy atom. The van der Waals surface area contributed by atoms with Crippen molar-refractivity contribution in [3.63, 3.8) is 0 Å². The average molecular weight is 1200 g/mol. The van der Waals surface area contributed by atoms with Crippen LogP contribution in [0.5, 0.6) is 0 Å². The lowest BCUT2D eigenvalue weighted by atomic mass is 10.0. The molecule has 9 nitrogen and oxygen atoms in total. The number of hydrogen-bond donors (Lipinski definition) is 1. The highest BCUT2D eigenvalue weighted by Crippen LogP contribution is 2.38. The highest BCUT2D eigenvalue weighted by molar-refractivity contribution is 7.45. The molecule has 1 amide bonds. The standard InChI is InChI=1S/C75H127N2O7P/c1-7-10-13-16-19-22-25-28-30-32-34-36-38-40-42-44-46-49-52-55-58-61-64-67-74(78)76-72(71-83-85(80,81)82-70-69-77(4,5)6)73(66-63-60-57-54-51-48-27-24-21-18-15-12-9-3)84-75(79)68-65-62-59-56-53-50-47-45-43-41-39-37-35-33-31-29-26-23-20-17-14-11-8-2/h10-11,13-14,19-20,22-23,28-31,34-37,40-43,46,49,63,66,72-73H,7-9,12,15-18,21,24-27,32-33,38-39,44-45,47-48,50-62,64-65,67-71H2,1-6H3,(H-,76,78,80,81)/b13-10-,14-11-,22-19-,23-20-,30-28-,31-29-,36-34-,37-35-,42-40-,43-41-,49-46-,66-63+. The lowest BCUT2D eigenvalue weighted by Gasteiger charge is -2.30. The topological polar surface area (TPSA) is 114 Å². The molecule has 0 aromatic rings. The second-order valence-corrected chi connectivity index (χ2v) is 25.0. The van der Waals surface area contributed by atoms with Gasteiger partial charge >= 0.3 is 5.97 Å². The molecule has 484 valence electrons. The summed E-state index contributed by atoms with van der Waals surface area (Å²) in [6, 6.07) is -0.919. The number of rotatable bonds is 60. The zero-order chi connectivity index (χ0) is 62.1. The van der Waals surface area contributed by atoms with Crippen LogP contribution in [0.3, 0.4) is 0 Å². The van der Waals surface area contributed by atoms with Crippen LogP contribution in [0.1, 0.15) is 265 Å². The van der Waals surface area contributed by atoms with Crippen LogP contribution >= 0.6 is 7.82 Å². The predicted molar refractivity (Wildman–Crippen MR) is 366 cm³/mol. The lowest BCUT2D eigenvalue weighted by Crippen LogP contribution is -2.47. The fourth-order valence-corrected chi connectivity index (χ4v) is 9.80. The summed E-state index contributed by atoms with van der Waals surface area (Å²) in [6.07, 6.45) is 91.0. The number of amides is 1. The number of likely N-dealkylation sites (N-methyl/N-ethyl adjacent to an activating group) is 1. The highest BCUT2D eigenvalue weighted by atomic mass is 31.2. The van der Waals surface area contributed by atoms with Crippen LogP contribution in [0.4, 0.5) is 0 Å². The van der Waals surface area contributed by atoms with Crippen molar-refractivity contribution in [1.82, 2.24) is 5.32 Å². The molecule has 0 radical (unpaired) electrons. The maximum absolute atomic E-state index is 13.6. The monoisotopic (exact) mass is 1200 g/mol. The molecule has 0 rings (SSSR count). The molecule has 1 N–H and O–H groups in total. The number of quaternary nitrogens is 1. The van der Waals surface area contributed by atoms with Gasteiger partial charge in [-0.25, -0.2) is 0 Å². The van der Waals surface area contributed by atoms with Gasteiger partial charge in [-0.3, -0.25) is 14.2 Å². The van der Waals surface area contributed by atoms with Crippen molar-refractivity contribution in [2.45, 2.75) is 277 Å². The van der Waals surface area contributed by atoms with E-state index in [9.17, 15) is 19.0 Å². The van der Waals surface area contributed by atoms with Gasteiger partial charge in [0.15, 0.2) is 0 Å². The van der Waals surface area contributed by atoms with E-state index in [1.165, 1.54) is 77.0 Å². The minimum absolute atomic E-state index is 0.0379. The van der Waals surface area contributed by atoms with Gasteiger partial charge in [-0.15, -0.1) is 0 Å². The fourth-order valence-electron chi connectivity index (χ4n) is 9.08. The second-order valence-electron chi connectivity index (χ2n) is 23.6. The third-order valence-electron chi connectivity index (χ3n) is 14.3. The van der Waals surface area contributed by atoms with Gasteiger partial charge in [0.1, 0.15) is 19.3 Å². The third-order valence-corrected chi connectivity index (χ3v) is 15.2. The molecule has 3 atom stereocenters. The first-order valence-electron chi connectivity index (χ1n) is 34.1. The quantitative estimate of drug-likeness (QED) is 0.0212. The van der Waals surface area contributed by atoms with E-state index >= 15 is 0 Å². The number of nitrogens with one attached hydrogen (secondary N) is 1. The Balaban J connectivity index is 5.27. The minimum atomic E-state index is -4.73. The molecule has 85 heavy (non-hydrogen) atoms. The molecule has 0 heterocycles. The molecule has 0 spiro atoms. The van der Waals surface area contributed by atoms with Crippen LogP contribution < -0.4 is 10.2 Å². The molecule has 0 saturated heterocycles. The Morgan fingerprint density at radius 1 is 0.424 bits per heavy atom. The molecule has 0 bridgehead atoms. The molecule has 3 unspecified atom stereocenters. The van der Waals surface area contributed by atoms with Crippen LogP contribution in [0.25, 0.3) is 0 Å². The number of esters is 1. The van der Waals surface area contributed by atoms with E-state index in [1.54, 1.807) is 0 Å². The summed E-state index contributed by atoms with van der Waals surface area (Å²) in [5.74, 6) is -0.591. The van der Waals surface area contributed by atoms with Crippen LogP contribution in [0.15, 0.2) is 146 Å². The SMILES string of the molecule is CC/C=C\C/C=C\C/C=C\C/C=C\C/C=C\C/C=C\CCCCCCC(=O)NC(COP(=O)([O-])OCC[N+](C)(C)C)C(/C=C/CCCCCCCCCCCCC)OC(=O)CCCCCCCCC/C=C\C/C=C\C/C=C\C/C=C\C/C=C\CC. The van der Waals surface area contributed by atoms with Crippen LogP contribution in [-0.4, -0.2) is 69.4 Å². The third kappa shape index (κ3) is 64.2. The number of unbranched alkanes of at least 4 members (excludes halogenated alkanes) is 22. The lowest BCUT2D eigenvalue weighted by molar-refractivity contribution is -0.870. The second kappa shape index (κ2) is 62.9. The smallest absolute Gasteiger partial charge is 0.306 e. The van der Waals surface area contributed by atoms with E-state index < -0.39 is 26.6 Å². The molecule has 0 aliphatic carbocycles. The molecular formula is C75H127N2O7P. The number of phosphoric ester groups is 1. The maximum Gasteiger partial charge on any atom is 0.306 e. The summed E-state index contributed by atoms with van der Waals surface area (Å²) in [4.78, 5) is 40.2. The van der Waals surface area contributed by atoms with Crippen molar-refractivity contribution in [3.8, 4) is 0 Å². The average Bonchev–Trinajstić information content (AvgIpc) is 3.52. The van der Waals surface area contributed by atoms with Gasteiger partial charge < -0.3 is 28.5 Å². The van der Waals surface area contributed by atoms with Crippen molar-refractivity contribution in [2.75, 3.05) is 40.9 Å². The summed E-state index contributed by atoms with van der Waals surface area (Å²) < 4.78 is 30.4. The first-order valence-corrected chi connectivity index (χ1v) is 35.6. The van der Waals surface area contributed by atoms with Crippen molar-refractivity contribution in [2.24, 2.45) is 0 Å². The van der Waals surface area contributed by atoms with E-state index in [0.717, 1.165) is 141 Å². The summed E-state index contributed by atoms with van der Waals surface area (Å²) in [6.45, 7) is 6.58. The zero-order valence-corrected chi connectivity index (χ0v) is 56.1. The van der Waals surface area contributed by atoms with Crippen LogP contribution in [-0.2, 0) is 27.9 Å². The number of hydrogen-bond acceptors (Lipinski definition) is 7. The number of carbonyl (C=O) groups is 2. The first-order chi connectivity index (χ1) is 41.4. The Kier molecular flexibility index (Phi) is 59.9. The molecule has 0 aromatic heterocycles. The van der Waals surface area contributed by atoms with E-state index in [2.05, 4.69) is 160 Å². The van der Waals surface area contributed by atoms with Gasteiger partial charge in [0.25, 0.3) is 7.82 Å². The fraction of sp³-hybridized carbons (Fsp3) is 0.653. The van der Waals surface area contributed by atoms with Gasteiger partial charge in [0.05, 0.1) is 33.8 Å². The van der Waals surface area contributed by atoms with Crippen molar-refractivity contribution in [3.05, 3.63) is 146 Å². The normalized spacial score (nSPS) is 14.5. The Labute approximate surface area is 523 Å². The number of phosphoric acid groups is 1. The van der Waals surface area contributed by atoms with Gasteiger partial charge in [-0.2, -0.15) is 0 Å². The minimum Gasteiger partial charge on any atom is -0.756 e. The number of carbonyl (C=O) groups excluding carboxylic acids is 2. The summed E-state index contributed by atoms with van der Waals surface area (Å²) in [7, 11) is 1.14. The van der Waals surface area contributed by atoms with E-state index in [-0.39, 0.29) is 31.3 Å². The van der Waals surface area contributed by atoms with Gasteiger partial charge in [0.2, 0.25) is 5.91 Å². The van der Waals surface area contributed by atoms with Gasteiger partial charge in [-0.05, 0) is 128 Å². The van der Waals surface area contributed by atoms with Gasteiger partial charge in [-0.1, -0.05) is 270 Å². The molecule has 0 aliphatic heterocycles. The van der Waals surface area contributed by atoms with Crippen LogP contribution in [0.2, 0.25) is 0 Å². The van der Waals surface area contributed by atoms with Crippen molar-refractivity contribution < 1.29 is 37.3 Å². The molecule has 0 fully saturated rings. The number of nitrogens with zero attached hydrogens (tertiary/aromatic N) is 1. The Hall–Kier alpha value is -4.11. The highest BCUT2D eigenvalue weighted by Gasteiger charge is 2.27. The summed E-state index contributed by atoms with van der Waals surface area (Å²) in [5.41, 5.74) is 0. The molecular weight excluding hydrogens is 1070 g/mol. The Morgan fingerprint density at radius 2 is 0.753 bits per heavy atom. The maximum atomic E-state index is 13.6. The van der Waals surface area contributed by atoms with Gasteiger partial charge in [0, 0.05) is 12.8 Å². The predicted octanol–water partition coefficient (Wildman–Crippen LogP) is 21.1. The number of ether oxygens (including phenoxy) is 1. The molecule has 0 saturated carbocycles. The first kappa shape index (κ1) is 80.9. The summed E-state index contributed by atoms with van der Waals surface area (Å²) >= 11 is 0. The molecule has 10 heteroatoms. The van der Waals surface area contributed by atoms with Crippen molar-refractivity contribution >= 4 is 19.7 Å². The molecule has 0 aromatic carbocycles. The number of allylic oxidation sites excluding steroid dienone is 23. The van der Waals surface area contributed by atoms with E-state index in [0.29, 0.717) is 23.9 Å². The summed E-state index contributed by atoms with van der Waals surface area (Å²) in [5, 5.41) is 3.02. The van der Waals surface area contributed by atoms with Crippen molar-refractivity contribution in [1.29, 1.82) is 0 Å². The largest absolute Gasteiger partial charge is 0.756 e. The van der Waals surface area contributed by atoms with E-state index in [1.807, 2.05) is 33.3 Å². The Bertz CT molecular complexity index is 1960. The van der Waals surface area contributed by atoms with E-state index in [4.69, 9.17) is 13.8 Å².